The quantitative estimate of drug-likeness (QED) is 0.496. The van der Waals surface area contributed by atoms with Crippen LogP contribution in [0, 0.1) is 0 Å². The van der Waals surface area contributed by atoms with Crippen molar-refractivity contribution in [2.24, 2.45) is 0 Å². The lowest BCUT2D eigenvalue weighted by Crippen LogP contribution is -2.03. The van der Waals surface area contributed by atoms with E-state index in [0.717, 1.165) is 0 Å². The van der Waals surface area contributed by atoms with Crippen LogP contribution in [0.1, 0.15) is 51.4 Å². The third-order valence-corrected chi connectivity index (χ3v) is 3.83. The minimum absolute atomic E-state index is 0. The summed E-state index contributed by atoms with van der Waals surface area (Å²) in [6.07, 6.45) is 11.1. The molecule has 22 heavy (non-hydrogen) atoms. The van der Waals surface area contributed by atoms with Crippen LogP contribution in [-0.2, 0) is 0 Å². The van der Waals surface area contributed by atoms with Crippen LogP contribution in [0.5, 0.6) is 0 Å². The average Bonchev–Trinajstić information content (AvgIpc) is 3.40. The molecular formula is C16H40N4O2. The van der Waals surface area contributed by atoms with Crippen molar-refractivity contribution in [3.63, 3.8) is 0 Å². The summed E-state index contributed by atoms with van der Waals surface area (Å²) >= 11 is 0. The molecule has 4 aliphatic heterocycles. The van der Waals surface area contributed by atoms with Gasteiger partial charge in [0.25, 0.3) is 0 Å². The van der Waals surface area contributed by atoms with Gasteiger partial charge in [-0.3, -0.25) is 0 Å². The minimum Gasteiger partial charge on any atom is -0.412 e. The SMILES string of the molecule is C1CCNC1.C1CCNC1.C1CCNC1.C1CCNC1.O.O. The zero-order chi connectivity index (χ0) is 14.1. The van der Waals surface area contributed by atoms with Gasteiger partial charge in [-0.15, -0.1) is 0 Å². The van der Waals surface area contributed by atoms with Crippen LogP contribution in [-0.4, -0.2) is 63.3 Å². The fraction of sp³-hybridized carbons (Fsp3) is 1.00. The van der Waals surface area contributed by atoms with E-state index in [4.69, 9.17) is 0 Å². The van der Waals surface area contributed by atoms with Crippen molar-refractivity contribution in [1.29, 1.82) is 0 Å². The van der Waals surface area contributed by atoms with E-state index in [-0.39, 0.29) is 11.0 Å². The molecule has 4 fully saturated rings. The fourth-order valence-corrected chi connectivity index (χ4v) is 2.50. The highest BCUT2D eigenvalue weighted by Gasteiger charge is 1.94. The maximum atomic E-state index is 3.22. The topological polar surface area (TPSA) is 111 Å². The monoisotopic (exact) mass is 320 g/mol. The van der Waals surface area contributed by atoms with Crippen molar-refractivity contribution >= 4 is 0 Å². The van der Waals surface area contributed by atoms with E-state index >= 15 is 0 Å². The van der Waals surface area contributed by atoms with Gasteiger partial charge < -0.3 is 32.2 Å². The molecule has 4 rings (SSSR count). The first kappa shape index (κ1) is 24.0. The second kappa shape index (κ2) is 20.8. The van der Waals surface area contributed by atoms with Crippen LogP contribution in [0.3, 0.4) is 0 Å². The number of nitrogens with one attached hydrogen (secondary N) is 4. The molecule has 0 amide bonds. The molecule has 0 aromatic carbocycles. The van der Waals surface area contributed by atoms with Crippen molar-refractivity contribution < 1.29 is 11.0 Å². The summed E-state index contributed by atoms with van der Waals surface area (Å²) in [6.45, 7) is 10.0. The molecule has 4 heterocycles. The molecule has 0 atom stereocenters. The van der Waals surface area contributed by atoms with E-state index in [1.807, 2.05) is 0 Å². The summed E-state index contributed by atoms with van der Waals surface area (Å²) in [7, 11) is 0. The van der Waals surface area contributed by atoms with Gasteiger partial charge in [0.15, 0.2) is 0 Å². The zero-order valence-corrected chi connectivity index (χ0v) is 14.3. The van der Waals surface area contributed by atoms with E-state index < -0.39 is 0 Å². The summed E-state index contributed by atoms with van der Waals surface area (Å²) < 4.78 is 0. The van der Waals surface area contributed by atoms with Crippen LogP contribution >= 0.6 is 0 Å². The standard InChI is InChI=1S/4C4H9N.2H2O/c4*1-2-4-5-3-1;;/h4*5H,1-4H2;2*1H2. The maximum Gasteiger partial charge on any atom is -0.00484 e. The first-order chi connectivity index (χ1) is 10.0. The number of hydrogen-bond acceptors (Lipinski definition) is 4. The Labute approximate surface area is 136 Å². The Balaban J connectivity index is 0. The van der Waals surface area contributed by atoms with Gasteiger partial charge in [0.2, 0.25) is 0 Å². The van der Waals surface area contributed by atoms with E-state index in [9.17, 15) is 0 Å². The Morgan fingerprint density at radius 3 is 0.455 bits per heavy atom. The van der Waals surface area contributed by atoms with Crippen LogP contribution in [0.4, 0.5) is 0 Å². The Morgan fingerprint density at radius 2 is 0.409 bits per heavy atom. The Hall–Kier alpha value is -0.240. The van der Waals surface area contributed by atoms with Gasteiger partial charge in [-0.05, 0) is 104 Å². The molecule has 6 nitrogen and oxygen atoms in total. The fourth-order valence-electron chi connectivity index (χ4n) is 2.50. The molecule has 4 aliphatic rings. The Morgan fingerprint density at radius 1 is 0.273 bits per heavy atom. The Bertz CT molecular complexity index is 111. The van der Waals surface area contributed by atoms with Crippen molar-refractivity contribution in [1.82, 2.24) is 21.3 Å². The molecule has 0 bridgehead atoms. The summed E-state index contributed by atoms with van der Waals surface area (Å²) in [6, 6.07) is 0. The second-order valence-corrected chi connectivity index (χ2v) is 5.83. The highest BCUT2D eigenvalue weighted by molar-refractivity contribution is 4.57. The molecular weight excluding hydrogens is 280 g/mol. The van der Waals surface area contributed by atoms with Gasteiger partial charge in [0.05, 0.1) is 0 Å². The molecule has 8 N–H and O–H groups in total. The molecule has 0 unspecified atom stereocenters. The van der Waals surface area contributed by atoms with Crippen molar-refractivity contribution in [3.8, 4) is 0 Å². The van der Waals surface area contributed by atoms with Gasteiger partial charge in [-0.1, -0.05) is 0 Å². The molecule has 0 saturated carbocycles. The number of rotatable bonds is 0. The van der Waals surface area contributed by atoms with Crippen LogP contribution < -0.4 is 21.3 Å². The van der Waals surface area contributed by atoms with E-state index in [1.54, 1.807) is 0 Å². The molecule has 136 valence electrons. The van der Waals surface area contributed by atoms with E-state index in [1.165, 1.54) is 104 Å². The predicted octanol–water partition coefficient (Wildman–Crippen LogP) is -0.170. The summed E-state index contributed by atoms with van der Waals surface area (Å²) in [5, 5.41) is 12.9. The summed E-state index contributed by atoms with van der Waals surface area (Å²) in [5.74, 6) is 0. The molecule has 0 radical (unpaired) electrons. The van der Waals surface area contributed by atoms with Crippen molar-refractivity contribution in [2.45, 2.75) is 51.4 Å². The van der Waals surface area contributed by atoms with Crippen LogP contribution in [0.15, 0.2) is 0 Å². The normalized spacial score (nSPS) is 21.8. The molecule has 0 aromatic heterocycles. The first-order valence-corrected chi connectivity index (χ1v) is 8.83. The maximum absolute atomic E-state index is 3.22. The lowest BCUT2D eigenvalue weighted by Gasteiger charge is -1.76. The van der Waals surface area contributed by atoms with Crippen LogP contribution in [0.25, 0.3) is 0 Å². The smallest absolute Gasteiger partial charge is 0.00484 e. The molecule has 0 aliphatic carbocycles. The molecule has 0 aromatic rings. The largest absolute Gasteiger partial charge is 0.412 e. The number of hydrogen-bond donors (Lipinski definition) is 4. The second-order valence-electron chi connectivity index (χ2n) is 5.83. The minimum atomic E-state index is 0. The van der Waals surface area contributed by atoms with Gasteiger partial charge in [0, 0.05) is 0 Å². The first-order valence-electron chi connectivity index (χ1n) is 8.83. The van der Waals surface area contributed by atoms with E-state index in [0.29, 0.717) is 0 Å². The van der Waals surface area contributed by atoms with Crippen LogP contribution in [0.2, 0.25) is 0 Å². The predicted molar refractivity (Wildman–Crippen MR) is 95.6 cm³/mol. The zero-order valence-electron chi connectivity index (χ0n) is 14.3. The molecule has 6 heteroatoms. The van der Waals surface area contributed by atoms with Gasteiger partial charge in [0.1, 0.15) is 0 Å². The van der Waals surface area contributed by atoms with Crippen molar-refractivity contribution in [3.05, 3.63) is 0 Å². The Kier molecular flexibility index (Phi) is 22.7. The van der Waals surface area contributed by atoms with Gasteiger partial charge in [-0.25, -0.2) is 0 Å². The third-order valence-electron chi connectivity index (χ3n) is 3.83. The highest BCUT2D eigenvalue weighted by atomic mass is 16.0. The average molecular weight is 321 g/mol. The summed E-state index contributed by atoms with van der Waals surface area (Å²) in [4.78, 5) is 0. The molecule has 4 saturated heterocycles. The lowest BCUT2D eigenvalue weighted by atomic mass is 10.4. The highest BCUT2D eigenvalue weighted by Crippen LogP contribution is 1.91. The molecule has 0 spiro atoms. The van der Waals surface area contributed by atoms with Gasteiger partial charge >= 0.3 is 0 Å². The van der Waals surface area contributed by atoms with Gasteiger partial charge in [-0.2, -0.15) is 0 Å². The summed E-state index contributed by atoms with van der Waals surface area (Å²) in [5.41, 5.74) is 0. The third kappa shape index (κ3) is 17.8. The van der Waals surface area contributed by atoms with E-state index in [2.05, 4.69) is 21.3 Å². The lowest BCUT2D eigenvalue weighted by molar-refractivity contribution is 0.823. The van der Waals surface area contributed by atoms with Crippen molar-refractivity contribution in [2.75, 3.05) is 52.4 Å².